The minimum atomic E-state index is -3.97. The smallest absolute Gasteiger partial charge is 0.426 e. The molecule has 0 spiro atoms. The molecule has 0 N–H and O–H groups in total. The molecule has 3 aromatic carbocycles. The molecule has 4 rings (SSSR count). The van der Waals surface area contributed by atoms with Crippen molar-refractivity contribution in [2.24, 2.45) is 5.92 Å². The highest BCUT2D eigenvalue weighted by Crippen LogP contribution is 2.39. The molecule has 0 saturated heterocycles. The Hall–Kier alpha value is -3.03. The highest BCUT2D eigenvalue weighted by molar-refractivity contribution is 5.65. The number of rotatable bonds is 5. The van der Waals surface area contributed by atoms with Crippen LogP contribution in [0.25, 0.3) is 11.1 Å². The van der Waals surface area contributed by atoms with Crippen molar-refractivity contribution in [1.29, 1.82) is 0 Å². The molecule has 0 radical (unpaired) electrons. The predicted octanol–water partition coefficient (Wildman–Crippen LogP) is 8.47. The van der Waals surface area contributed by atoms with Crippen molar-refractivity contribution < 1.29 is 35.5 Å². The normalized spacial score (nSPS) is 18.7. The Morgan fingerprint density at radius 3 is 1.91 bits per heavy atom. The molecule has 0 atom stereocenters. The minimum Gasteiger partial charge on any atom is -0.426 e. The Labute approximate surface area is 192 Å². The molecule has 3 aromatic rings. The molecule has 0 unspecified atom stereocenters. The fourth-order valence-electron chi connectivity index (χ4n) is 4.28. The van der Waals surface area contributed by atoms with Crippen molar-refractivity contribution in [2.75, 3.05) is 0 Å². The minimum absolute atomic E-state index is 0.292. The van der Waals surface area contributed by atoms with Gasteiger partial charge in [0.2, 0.25) is 5.82 Å². The molecule has 0 aromatic heterocycles. The second-order valence-corrected chi connectivity index (χ2v) is 8.69. The Morgan fingerprint density at radius 1 is 0.735 bits per heavy atom. The van der Waals surface area contributed by atoms with Gasteiger partial charge in [-0.1, -0.05) is 31.9 Å². The molecule has 0 heterocycles. The lowest BCUT2D eigenvalue weighted by molar-refractivity contribution is -0.187. The van der Waals surface area contributed by atoms with Crippen LogP contribution in [0.2, 0.25) is 0 Å². The monoisotopic (exact) mass is 482 g/mol. The Kier molecular flexibility index (Phi) is 6.60. The second-order valence-electron chi connectivity index (χ2n) is 8.69. The van der Waals surface area contributed by atoms with E-state index in [1.54, 1.807) is 12.1 Å². The van der Waals surface area contributed by atoms with Crippen LogP contribution in [0.15, 0.2) is 48.5 Å². The van der Waals surface area contributed by atoms with Crippen molar-refractivity contribution in [3.63, 3.8) is 0 Å². The Balaban J connectivity index is 1.55. The third-order valence-electron chi connectivity index (χ3n) is 6.31. The summed E-state index contributed by atoms with van der Waals surface area (Å²) < 4.78 is 103. The molecule has 1 aliphatic carbocycles. The molecular weight excluding hydrogens is 461 g/mol. The summed E-state index contributed by atoms with van der Waals surface area (Å²) in [7, 11) is 0. The lowest BCUT2D eigenvalue weighted by Crippen LogP contribution is -2.23. The van der Waals surface area contributed by atoms with Crippen LogP contribution in [0.1, 0.15) is 49.7 Å². The van der Waals surface area contributed by atoms with Crippen LogP contribution in [-0.2, 0) is 6.11 Å². The first-order valence-corrected chi connectivity index (χ1v) is 10.9. The highest BCUT2D eigenvalue weighted by atomic mass is 19.3. The van der Waals surface area contributed by atoms with Crippen LogP contribution < -0.4 is 4.74 Å². The average molecular weight is 482 g/mol. The van der Waals surface area contributed by atoms with Crippen LogP contribution >= 0.6 is 0 Å². The third-order valence-corrected chi connectivity index (χ3v) is 6.31. The van der Waals surface area contributed by atoms with Gasteiger partial charge in [0.05, 0.1) is 5.56 Å². The van der Waals surface area contributed by atoms with Gasteiger partial charge in [-0.3, -0.25) is 0 Å². The fourth-order valence-corrected chi connectivity index (χ4v) is 4.28. The number of hydrogen-bond acceptors (Lipinski definition) is 1. The van der Waals surface area contributed by atoms with E-state index in [1.165, 1.54) is 12.1 Å². The van der Waals surface area contributed by atoms with E-state index in [-0.39, 0.29) is 0 Å². The SMILES string of the molecule is CC1CCC(c2ccc(C(F)(F)Oc3ccc(-c4cc(F)c(F)c(F)c4)c(F)c3F)cc2)CC1. The summed E-state index contributed by atoms with van der Waals surface area (Å²) in [5.41, 5.74) is -0.741. The summed E-state index contributed by atoms with van der Waals surface area (Å²) in [5.74, 6) is -8.56. The molecule has 0 aliphatic heterocycles. The zero-order valence-electron chi connectivity index (χ0n) is 18.2. The van der Waals surface area contributed by atoms with Gasteiger partial charge in [0.25, 0.3) is 0 Å². The van der Waals surface area contributed by atoms with Crippen LogP contribution in [0.5, 0.6) is 5.75 Å². The molecule has 1 nitrogen and oxygen atoms in total. The van der Waals surface area contributed by atoms with E-state index in [2.05, 4.69) is 11.7 Å². The molecule has 1 saturated carbocycles. The molecule has 1 fully saturated rings. The van der Waals surface area contributed by atoms with E-state index in [0.29, 0.717) is 24.0 Å². The maximum Gasteiger partial charge on any atom is 0.426 e. The zero-order valence-corrected chi connectivity index (χ0v) is 18.2. The van der Waals surface area contributed by atoms with E-state index in [9.17, 15) is 30.7 Å². The first kappa shape index (κ1) is 24.1. The van der Waals surface area contributed by atoms with Gasteiger partial charge in [-0.15, -0.1) is 0 Å². The van der Waals surface area contributed by atoms with Crippen molar-refractivity contribution in [3.8, 4) is 16.9 Å². The lowest BCUT2D eigenvalue weighted by atomic mass is 9.79. The first-order valence-electron chi connectivity index (χ1n) is 10.9. The summed E-state index contributed by atoms with van der Waals surface area (Å²) in [6.45, 7) is 2.18. The molecule has 8 heteroatoms. The Morgan fingerprint density at radius 2 is 1.32 bits per heavy atom. The van der Waals surface area contributed by atoms with E-state index < -0.39 is 57.6 Å². The van der Waals surface area contributed by atoms with Gasteiger partial charge < -0.3 is 4.74 Å². The average Bonchev–Trinajstić information content (AvgIpc) is 2.81. The number of hydrogen-bond donors (Lipinski definition) is 0. The van der Waals surface area contributed by atoms with Crippen LogP contribution in [0, 0.1) is 35.0 Å². The topological polar surface area (TPSA) is 9.23 Å². The summed E-state index contributed by atoms with van der Waals surface area (Å²) >= 11 is 0. The fraction of sp³-hybridized carbons (Fsp3) is 0.308. The summed E-state index contributed by atoms with van der Waals surface area (Å²) in [6.07, 6.45) is 0.133. The van der Waals surface area contributed by atoms with Gasteiger partial charge in [-0.2, -0.15) is 13.2 Å². The van der Waals surface area contributed by atoms with Crippen molar-refractivity contribution in [2.45, 2.75) is 44.6 Å². The van der Waals surface area contributed by atoms with E-state index in [0.717, 1.165) is 43.4 Å². The number of halogens is 7. The molecule has 180 valence electrons. The maximum atomic E-state index is 14.7. The predicted molar refractivity (Wildman–Crippen MR) is 113 cm³/mol. The van der Waals surface area contributed by atoms with Gasteiger partial charge in [-0.25, -0.2) is 17.6 Å². The zero-order chi connectivity index (χ0) is 24.6. The summed E-state index contributed by atoms with van der Waals surface area (Å²) in [4.78, 5) is 0. The van der Waals surface area contributed by atoms with E-state index >= 15 is 0 Å². The molecule has 0 bridgehead atoms. The summed E-state index contributed by atoms with van der Waals surface area (Å²) in [5, 5.41) is 0. The highest BCUT2D eigenvalue weighted by Gasteiger charge is 2.36. The van der Waals surface area contributed by atoms with Gasteiger partial charge in [-0.05, 0) is 72.2 Å². The third kappa shape index (κ3) is 4.76. The number of ether oxygens (including phenoxy) is 1. The quantitative estimate of drug-likeness (QED) is 0.262. The van der Waals surface area contributed by atoms with Crippen LogP contribution in [-0.4, -0.2) is 0 Å². The number of benzene rings is 3. The largest absolute Gasteiger partial charge is 0.426 e. The van der Waals surface area contributed by atoms with Crippen LogP contribution in [0.4, 0.5) is 30.7 Å². The van der Waals surface area contributed by atoms with Crippen molar-refractivity contribution in [3.05, 3.63) is 88.7 Å². The second kappa shape index (κ2) is 9.31. The van der Waals surface area contributed by atoms with Gasteiger partial charge >= 0.3 is 6.11 Å². The molecule has 34 heavy (non-hydrogen) atoms. The van der Waals surface area contributed by atoms with E-state index in [1.807, 2.05) is 0 Å². The maximum absolute atomic E-state index is 14.7. The van der Waals surface area contributed by atoms with E-state index in [4.69, 9.17) is 0 Å². The van der Waals surface area contributed by atoms with Crippen LogP contribution in [0.3, 0.4) is 0 Å². The lowest BCUT2D eigenvalue weighted by Gasteiger charge is -2.27. The van der Waals surface area contributed by atoms with Gasteiger partial charge in [0.15, 0.2) is 29.0 Å². The van der Waals surface area contributed by atoms with Gasteiger partial charge in [0, 0.05) is 5.56 Å². The van der Waals surface area contributed by atoms with Crippen molar-refractivity contribution in [1.82, 2.24) is 0 Å². The molecule has 0 amide bonds. The molecular formula is C26H21F7O. The Bertz CT molecular complexity index is 1160. The van der Waals surface area contributed by atoms with Crippen molar-refractivity contribution >= 4 is 0 Å². The first-order chi connectivity index (χ1) is 16.1. The molecule has 1 aliphatic rings. The number of alkyl halides is 2. The van der Waals surface area contributed by atoms with Gasteiger partial charge in [0.1, 0.15) is 0 Å². The summed E-state index contributed by atoms with van der Waals surface area (Å²) in [6, 6.07) is 8.05. The standard InChI is InChI=1S/C26H21F7O/c1-14-2-4-15(5-3-14)16-6-8-18(9-7-16)26(32,33)34-22-11-10-19(23(29)25(22)31)17-12-20(27)24(30)21(28)13-17/h6-15H,2-5H2,1H3.